The van der Waals surface area contributed by atoms with Crippen LogP contribution in [0.1, 0.15) is 44.5 Å². The number of Topliss-reactive ketones (excluding diaryl/α,β-unsaturated/α-hetero) is 1. The van der Waals surface area contributed by atoms with Crippen LogP contribution in [0.3, 0.4) is 0 Å². The lowest BCUT2D eigenvalue weighted by Crippen LogP contribution is -2.57. The van der Waals surface area contributed by atoms with Gasteiger partial charge in [0.15, 0.2) is 12.1 Å². The predicted octanol–water partition coefficient (Wildman–Crippen LogP) is 2.39. The number of hydrogen-bond acceptors (Lipinski definition) is 5. The van der Waals surface area contributed by atoms with Crippen molar-refractivity contribution >= 4 is 11.7 Å². The van der Waals surface area contributed by atoms with Gasteiger partial charge < -0.3 is 20.1 Å². The van der Waals surface area contributed by atoms with Crippen LogP contribution >= 0.6 is 0 Å². The first-order valence-electron chi connectivity index (χ1n) is 9.77. The zero-order valence-corrected chi connectivity index (χ0v) is 16.7. The fourth-order valence-electron chi connectivity index (χ4n) is 3.51. The number of ether oxygens (including phenoxy) is 2. The molecule has 2 rings (SSSR count). The van der Waals surface area contributed by atoms with E-state index in [9.17, 15) is 9.59 Å². The van der Waals surface area contributed by atoms with Crippen molar-refractivity contribution in [3.63, 3.8) is 0 Å². The summed E-state index contributed by atoms with van der Waals surface area (Å²) < 4.78 is 12.0. The first-order valence-corrected chi connectivity index (χ1v) is 9.77. The van der Waals surface area contributed by atoms with Crippen LogP contribution in [0.4, 0.5) is 0 Å². The molecule has 1 aliphatic heterocycles. The smallest absolute Gasteiger partial charge is 0.217 e. The largest absolute Gasteiger partial charge is 0.349 e. The normalized spacial score (nSPS) is 27.9. The molecule has 6 nitrogen and oxygen atoms in total. The van der Waals surface area contributed by atoms with Gasteiger partial charge in [0.1, 0.15) is 0 Å². The average molecular weight is 376 g/mol. The van der Waals surface area contributed by atoms with Gasteiger partial charge in [-0.15, -0.1) is 0 Å². The highest BCUT2D eigenvalue weighted by atomic mass is 16.7. The Labute approximate surface area is 162 Å². The lowest BCUT2D eigenvalue weighted by atomic mass is 9.81. The minimum absolute atomic E-state index is 0.0501. The molecule has 150 valence electrons. The highest BCUT2D eigenvalue weighted by Gasteiger charge is 2.41. The van der Waals surface area contributed by atoms with Crippen molar-refractivity contribution in [2.24, 2.45) is 11.8 Å². The lowest BCUT2D eigenvalue weighted by Gasteiger charge is -2.44. The summed E-state index contributed by atoms with van der Waals surface area (Å²) in [5.74, 6) is 0.561. The molecule has 1 heterocycles. The first kappa shape index (κ1) is 21.5. The molecule has 0 saturated carbocycles. The molecule has 1 amide bonds. The maximum Gasteiger partial charge on any atom is 0.217 e. The second-order valence-electron chi connectivity index (χ2n) is 7.23. The zero-order chi connectivity index (χ0) is 19.8. The Morgan fingerprint density at radius 3 is 2.48 bits per heavy atom. The summed E-state index contributed by atoms with van der Waals surface area (Å²) >= 11 is 0. The van der Waals surface area contributed by atoms with Crippen LogP contribution in [0.5, 0.6) is 0 Å². The van der Waals surface area contributed by atoms with Gasteiger partial charge in [0.25, 0.3) is 0 Å². The fraction of sp³-hybridized carbons (Fsp3) is 0.619. The zero-order valence-electron chi connectivity index (χ0n) is 16.7. The maximum atomic E-state index is 12.1. The average Bonchev–Trinajstić information content (AvgIpc) is 2.67. The molecular weight excluding hydrogens is 344 g/mol. The van der Waals surface area contributed by atoms with Crippen molar-refractivity contribution < 1.29 is 19.1 Å². The van der Waals surface area contributed by atoms with Crippen LogP contribution in [0.15, 0.2) is 30.3 Å². The number of nitrogens with one attached hydrogen (secondary N) is 2. The summed E-state index contributed by atoms with van der Waals surface area (Å²) in [6.07, 6.45) is 0.543. The minimum atomic E-state index is -0.475. The molecule has 1 fully saturated rings. The van der Waals surface area contributed by atoms with Crippen molar-refractivity contribution in [3.05, 3.63) is 35.9 Å². The van der Waals surface area contributed by atoms with E-state index in [-0.39, 0.29) is 36.3 Å². The number of hydrogen-bond donors (Lipinski definition) is 2. The van der Waals surface area contributed by atoms with Gasteiger partial charge in [-0.1, -0.05) is 51.1 Å². The van der Waals surface area contributed by atoms with Crippen molar-refractivity contribution in [2.45, 2.75) is 52.6 Å². The molecule has 0 aliphatic carbocycles. The summed E-state index contributed by atoms with van der Waals surface area (Å²) in [4.78, 5) is 23.6. The van der Waals surface area contributed by atoms with E-state index < -0.39 is 6.29 Å². The standard InChI is InChI=1S/C21H32N2O4/c1-5-19-14(2)15(3)20(23-16(4)24)21(27-19)26-12-11-22-13-18(25)17-9-7-6-8-10-17/h6-10,14-15,19-22H,5,11-13H2,1-4H3,(H,23,24)/t14-,15-,19?,20?,21+/m0/s1. The Kier molecular flexibility index (Phi) is 8.41. The summed E-state index contributed by atoms with van der Waals surface area (Å²) in [5.41, 5.74) is 0.695. The number of benzene rings is 1. The van der Waals surface area contributed by atoms with Crippen LogP contribution in [-0.4, -0.2) is 49.8 Å². The van der Waals surface area contributed by atoms with Crippen LogP contribution in [0.25, 0.3) is 0 Å². The van der Waals surface area contributed by atoms with Crippen molar-refractivity contribution in [1.82, 2.24) is 10.6 Å². The summed E-state index contributed by atoms with van der Waals surface area (Å²) in [5, 5.41) is 6.08. The van der Waals surface area contributed by atoms with Crippen molar-refractivity contribution in [1.29, 1.82) is 0 Å². The number of carbonyl (C=O) groups is 2. The molecule has 5 atom stereocenters. The Morgan fingerprint density at radius 1 is 1.15 bits per heavy atom. The monoisotopic (exact) mass is 376 g/mol. The molecule has 6 heteroatoms. The topological polar surface area (TPSA) is 76.7 Å². The van der Waals surface area contributed by atoms with E-state index in [2.05, 4.69) is 31.4 Å². The second-order valence-corrected chi connectivity index (χ2v) is 7.23. The molecule has 1 aliphatic rings. The van der Waals surface area contributed by atoms with Crippen molar-refractivity contribution in [2.75, 3.05) is 19.7 Å². The number of rotatable bonds is 9. The van der Waals surface area contributed by atoms with Gasteiger partial charge in [-0.2, -0.15) is 0 Å². The van der Waals surface area contributed by atoms with E-state index in [4.69, 9.17) is 9.47 Å². The van der Waals surface area contributed by atoms with E-state index in [1.54, 1.807) is 0 Å². The van der Waals surface area contributed by atoms with Gasteiger partial charge in [-0.3, -0.25) is 9.59 Å². The van der Waals surface area contributed by atoms with E-state index >= 15 is 0 Å². The SMILES string of the molecule is CCC1O[C@@H](OCCNCC(=O)c2ccccc2)C(NC(C)=O)[C@@H](C)[C@@H]1C. The molecular formula is C21H32N2O4. The third kappa shape index (κ3) is 6.13. The van der Waals surface area contributed by atoms with Gasteiger partial charge in [0.05, 0.1) is 25.3 Å². The van der Waals surface area contributed by atoms with E-state index in [1.807, 2.05) is 30.3 Å². The molecule has 0 radical (unpaired) electrons. The molecule has 2 N–H and O–H groups in total. The molecule has 2 unspecified atom stereocenters. The predicted molar refractivity (Wildman–Crippen MR) is 104 cm³/mol. The molecule has 1 aromatic rings. The van der Waals surface area contributed by atoms with Gasteiger partial charge in [-0.05, 0) is 18.3 Å². The van der Waals surface area contributed by atoms with Gasteiger partial charge in [-0.25, -0.2) is 0 Å². The van der Waals surface area contributed by atoms with Crippen LogP contribution in [0.2, 0.25) is 0 Å². The molecule has 0 aromatic heterocycles. The fourth-order valence-corrected chi connectivity index (χ4v) is 3.51. The van der Waals surface area contributed by atoms with E-state index in [1.165, 1.54) is 6.92 Å². The van der Waals surface area contributed by atoms with E-state index in [0.29, 0.717) is 24.6 Å². The number of amides is 1. The van der Waals surface area contributed by atoms with Gasteiger partial charge in [0, 0.05) is 19.0 Å². The third-order valence-electron chi connectivity index (χ3n) is 5.30. The van der Waals surface area contributed by atoms with Gasteiger partial charge >= 0.3 is 0 Å². The van der Waals surface area contributed by atoms with E-state index in [0.717, 1.165) is 6.42 Å². The Balaban J connectivity index is 1.81. The summed E-state index contributed by atoms with van der Waals surface area (Å²) in [6, 6.07) is 9.03. The third-order valence-corrected chi connectivity index (χ3v) is 5.30. The molecule has 0 spiro atoms. The molecule has 27 heavy (non-hydrogen) atoms. The van der Waals surface area contributed by atoms with Crippen LogP contribution in [-0.2, 0) is 14.3 Å². The number of carbonyl (C=O) groups excluding carboxylic acids is 2. The Hall–Kier alpha value is -1.76. The van der Waals surface area contributed by atoms with Crippen molar-refractivity contribution in [3.8, 4) is 0 Å². The maximum absolute atomic E-state index is 12.1. The first-order chi connectivity index (χ1) is 12.9. The summed E-state index contributed by atoms with van der Waals surface area (Å²) in [7, 11) is 0. The highest BCUT2D eigenvalue weighted by Crippen LogP contribution is 2.32. The quantitative estimate of drug-likeness (QED) is 0.511. The molecule has 0 bridgehead atoms. The van der Waals surface area contributed by atoms with Crippen LogP contribution < -0.4 is 10.6 Å². The highest BCUT2D eigenvalue weighted by molar-refractivity contribution is 5.97. The number of ketones is 1. The Bertz CT molecular complexity index is 607. The van der Waals surface area contributed by atoms with Crippen LogP contribution in [0, 0.1) is 11.8 Å². The minimum Gasteiger partial charge on any atom is -0.349 e. The lowest BCUT2D eigenvalue weighted by molar-refractivity contribution is -0.235. The summed E-state index contributed by atoms with van der Waals surface area (Å²) in [6.45, 7) is 9.09. The molecule has 1 aromatic carbocycles. The molecule has 1 saturated heterocycles. The van der Waals surface area contributed by atoms with Gasteiger partial charge in [0.2, 0.25) is 5.91 Å². The second kappa shape index (κ2) is 10.5. The Morgan fingerprint density at radius 2 is 1.85 bits per heavy atom.